The van der Waals surface area contributed by atoms with Crippen LogP contribution < -0.4 is 11.1 Å². The van der Waals surface area contributed by atoms with Gasteiger partial charge in [-0.3, -0.25) is 9.48 Å². The lowest BCUT2D eigenvalue weighted by molar-refractivity contribution is -0.121. The average Bonchev–Trinajstić information content (AvgIpc) is 2.52. The Labute approximate surface area is 76.9 Å². The van der Waals surface area contributed by atoms with Crippen molar-refractivity contribution in [1.29, 1.82) is 0 Å². The normalized spacial score (nSPS) is 10.0. The number of rotatable bonds is 4. The van der Waals surface area contributed by atoms with E-state index in [0.29, 0.717) is 13.1 Å². The van der Waals surface area contributed by atoms with Crippen molar-refractivity contribution in [3.8, 4) is 0 Å². The molecule has 0 saturated carbocycles. The zero-order valence-corrected chi connectivity index (χ0v) is 7.66. The Bertz CT molecular complexity index is 281. The first-order chi connectivity index (χ1) is 6.26. The Kier molecular flexibility index (Phi) is 3.45. The van der Waals surface area contributed by atoms with Gasteiger partial charge < -0.3 is 11.1 Å². The van der Waals surface area contributed by atoms with Crippen molar-refractivity contribution in [2.75, 3.05) is 6.54 Å². The third-order valence-electron chi connectivity index (χ3n) is 1.60. The van der Waals surface area contributed by atoms with E-state index in [1.54, 1.807) is 17.1 Å². The molecule has 1 amide bonds. The second kappa shape index (κ2) is 4.61. The van der Waals surface area contributed by atoms with E-state index >= 15 is 0 Å². The summed E-state index contributed by atoms with van der Waals surface area (Å²) in [4.78, 5) is 11.1. The van der Waals surface area contributed by atoms with Crippen LogP contribution in [0.5, 0.6) is 0 Å². The summed E-state index contributed by atoms with van der Waals surface area (Å²) >= 11 is 0. The first-order valence-corrected chi connectivity index (χ1v) is 4.24. The Morgan fingerprint density at radius 1 is 1.77 bits per heavy atom. The van der Waals surface area contributed by atoms with Crippen LogP contribution in [0.3, 0.4) is 0 Å². The van der Waals surface area contributed by atoms with Crippen LogP contribution in [0.4, 0.5) is 0 Å². The molecule has 1 heterocycles. The molecule has 0 atom stereocenters. The molecule has 0 bridgehead atoms. The number of nitrogens with zero attached hydrogens (tertiary/aromatic N) is 2. The van der Waals surface area contributed by atoms with E-state index in [1.807, 2.05) is 6.92 Å². The maximum absolute atomic E-state index is 11.1. The van der Waals surface area contributed by atoms with Gasteiger partial charge >= 0.3 is 0 Å². The third kappa shape index (κ3) is 2.87. The summed E-state index contributed by atoms with van der Waals surface area (Å²) < 4.78 is 1.58. The Balaban J connectivity index is 2.49. The monoisotopic (exact) mass is 182 g/mol. The van der Waals surface area contributed by atoms with Crippen LogP contribution in [0.25, 0.3) is 0 Å². The van der Waals surface area contributed by atoms with Gasteiger partial charge in [0.25, 0.3) is 0 Å². The molecule has 0 saturated heterocycles. The first kappa shape index (κ1) is 9.73. The number of nitrogens with one attached hydrogen (secondary N) is 1. The Morgan fingerprint density at radius 2 is 2.54 bits per heavy atom. The molecule has 1 aromatic rings. The number of carbonyl (C=O) groups is 1. The molecular weight excluding hydrogens is 168 g/mol. The number of aromatic nitrogens is 2. The minimum absolute atomic E-state index is 0.0332. The molecule has 0 aliphatic rings. The van der Waals surface area contributed by atoms with Gasteiger partial charge in [0.1, 0.15) is 6.54 Å². The highest BCUT2D eigenvalue weighted by atomic mass is 16.2. The second-order valence-corrected chi connectivity index (χ2v) is 2.70. The number of likely N-dealkylation sites (N-methyl/N-ethyl adjacent to an activating group) is 1. The molecule has 0 unspecified atom stereocenters. The molecule has 0 aliphatic carbocycles. The van der Waals surface area contributed by atoms with Crippen LogP contribution in [0.2, 0.25) is 0 Å². The fourth-order valence-electron chi connectivity index (χ4n) is 0.998. The fourth-order valence-corrected chi connectivity index (χ4v) is 0.998. The van der Waals surface area contributed by atoms with E-state index in [2.05, 4.69) is 10.4 Å². The average molecular weight is 182 g/mol. The smallest absolute Gasteiger partial charge is 0.241 e. The van der Waals surface area contributed by atoms with Crippen LogP contribution in [-0.4, -0.2) is 22.2 Å². The highest BCUT2D eigenvalue weighted by Crippen LogP contribution is 1.94. The van der Waals surface area contributed by atoms with Crippen LogP contribution in [-0.2, 0) is 17.9 Å². The molecule has 0 radical (unpaired) electrons. The summed E-state index contributed by atoms with van der Waals surface area (Å²) in [5.74, 6) is -0.0332. The van der Waals surface area contributed by atoms with Gasteiger partial charge in [-0.2, -0.15) is 5.10 Å². The van der Waals surface area contributed by atoms with E-state index in [9.17, 15) is 4.79 Å². The molecule has 13 heavy (non-hydrogen) atoms. The number of nitrogens with two attached hydrogens (primary N) is 1. The van der Waals surface area contributed by atoms with Crippen molar-refractivity contribution in [3.63, 3.8) is 0 Å². The molecular formula is C8H14N4O. The van der Waals surface area contributed by atoms with E-state index in [4.69, 9.17) is 5.73 Å². The molecule has 3 N–H and O–H groups in total. The van der Waals surface area contributed by atoms with E-state index in [-0.39, 0.29) is 12.5 Å². The summed E-state index contributed by atoms with van der Waals surface area (Å²) in [6.45, 7) is 3.24. The van der Waals surface area contributed by atoms with Crippen molar-refractivity contribution in [3.05, 3.63) is 18.0 Å². The number of carbonyl (C=O) groups excluding carboxylic acids is 1. The molecule has 72 valence electrons. The summed E-state index contributed by atoms with van der Waals surface area (Å²) in [5.41, 5.74) is 6.33. The number of hydrogen-bond donors (Lipinski definition) is 2. The van der Waals surface area contributed by atoms with Crippen molar-refractivity contribution < 1.29 is 4.79 Å². The summed E-state index contributed by atoms with van der Waals surface area (Å²) in [6.07, 6.45) is 3.44. The largest absolute Gasteiger partial charge is 0.355 e. The maximum atomic E-state index is 11.1. The van der Waals surface area contributed by atoms with Crippen molar-refractivity contribution in [2.24, 2.45) is 5.73 Å². The molecule has 0 aliphatic heterocycles. The lowest BCUT2D eigenvalue weighted by Crippen LogP contribution is -2.27. The SMILES string of the molecule is CCNC(=O)Cn1cc(CN)cn1. The van der Waals surface area contributed by atoms with Gasteiger partial charge in [-0.25, -0.2) is 0 Å². The summed E-state index contributed by atoms with van der Waals surface area (Å²) in [7, 11) is 0. The topological polar surface area (TPSA) is 72.9 Å². The van der Waals surface area contributed by atoms with Crippen molar-refractivity contribution in [1.82, 2.24) is 15.1 Å². The van der Waals surface area contributed by atoms with E-state index in [0.717, 1.165) is 5.56 Å². The van der Waals surface area contributed by atoms with Gasteiger partial charge in [0.05, 0.1) is 6.20 Å². The van der Waals surface area contributed by atoms with Gasteiger partial charge in [0, 0.05) is 24.8 Å². The fraction of sp³-hybridized carbons (Fsp3) is 0.500. The predicted octanol–water partition coefficient (Wildman–Crippen LogP) is -0.522. The van der Waals surface area contributed by atoms with Gasteiger partial charge in [0.2, 0.25) is 5.91 Å². The highest BCUT2D eigenvalue weighted by Gasteiger charge is 2.01. The molecule has 0 fully saturated rings. The number of amides is 1. The zero-order chi connectivity index (χ0) is 9.68. The van der Waals surface area contributed by atoms with Gasteiger partial charge in [-0.05, 0) is 6.92 Å². The third-order valence-corrected chi connectivity index (χ3v) is 1.60. The minimum Gasteiger partial charge on any atom is -0.355 e. The van der Waals surface area contributed by atoms with Crippen molar-refractivity contribution >= 4 is 5.91 Å². The molecule has 5 nitrogen and oxygen atoms in total. The quantitative estimate of drug-likeness (QED) is 0.658. The molecule has 1 aromatic heterocycles. The zero-order valence-electron chi connectivity index (χ0n) is 7.66. The number of hydrogen-bond acceptors (Lipinski definition) is 3. The predicted molar refractivity (Wildman–Crippen MR) is 48.8 cm³/mol. The van der Waals surface area contributed by atoms with Crippen LogP contribution in [0.15, 0.2) is 12.4 Å². The molecule has 5 heteroatoms. The summed E-state index contributed by atoms with van der Waals surface area (Å²) in [6, 6.07) is 0. The molecule has 0 spiro atoms. The second-order valence-electron chi connectivity index (χ2n) is 2.70. The van der Waals surface area contributed by atoms with E-state index in [1.165, 1.54) is 0 Å². The van der Waals surface area contributed by atoms with Crippen LogP contribution >= 0.6 is 0 Å². The minimum atomic E-state index is -0.0332. The van der Waals surface area contributed by atoms with E-state index < -0.39 is 0 Å². The van der Waals surface area contributed by atoms with Gasteiger partial charge in [-0.15, -0.1) is 0 Å². The highest BCUT2D eigenvalue weighted by molar-refractivity contribution is 5.75. The molecule has 1 rings (SSSR count). The molecule has 0 aromatic carbocycles. The standard InChI is InChI=1S/C8H14N4O/c1-2-10-8(13)6-12-5-7(3-9)4-11-12/h4-5H,2-3,6,9H2,1H3,(H,10,13). The maximum Gasteiger partial charge on any atom is 0.241 e. The lowest BCUT2D eigenvalue weighted by atomic mass is 10.4. The Morgan fingerprint density at radius 3 is 3.08 bits per heavy atom. The summed E-state index contributed by atoms with van der Waals surface area (Å²) in [5, 5.41) is 6.68. The first-order valence-electron chi connectivity index (χ1n) is 4.24. The van der Waals surface area contributed by atoms with Gasteiger partial charge in [0.15, 0.2) is 0 Å². The lowest BCUT2D eigenvalue weighted by Gasteiger charge is -2.01. The van der Waals surface area contributed by atoms with Crippen LogP contribution in [0.1, 0.15) is 12.5 Å². The van der Waals surface area contributed by atoms with Crippen LogP contribution in [0, 0.1) is 0 Å². The van der Waals surface area contributed by atoms with Crippen molar-refractivity contribution in [2.45, 2.75) is 20.0 Å². The Hall–Kier alpha value is -1.36. The van der Waals surface area contributed by atoms with Gasteiger partial charge in [-0.1, -0.05) is 0 Å².